The quantitative estimate of drug-likeness (QED) is 0.735. The van der Waals surface area contributed by atoms with Gasteiger partial charge in [0.15, 0.2) is 5.82 Å². The number of nitrogen functional groups attached to an aromatic ring is 1. The zero-order valence-corrected chi connectivity index (χ0v) is 11.9. The molecule has 5 heteroatoms. The Kier molecular flexibility index (Phi) is 3.42. The van der Waals surface area contributed by atoms with Gasteiger partial charge < -0.3 is 5.73 Å². The molecule has 0 atom stereocenters. The molecule has 20 heavy (non-hydrogen) atoms. The normalized spacial score (nSPS) is 10.7. The highest BCUT2D eigenvalue weighted by Crippen LogP contribution is 2.37. The third kappa shape index (κ3) is 2.28. The van der Waals surface area contributed by atoms with Crippen molar-refractivity contribution in [2.24, 2.45) is 0 Å². The summed E-state index contributed by atoms with van der Waals surface area (Å²) >= 11 is 7.13. The first kappa shape index (κ1) is 13.1. The van der Waals surface area contributed by atoms with E-state index in [1.807, 2.05) is 30.3 Å². The van der Waals surface area contributed by atoms with Crippen LogP contribution in [0.5, 0.6) is 0 Å². The van der Waals surface area contributed by atoms with Gasteiger partial charge in [0.1, 0.15) is 15.7 Å². The molecule has 0 saturated heterocycles. The minimum Gasteiger partial charge on any atom is -0.389 e. The van der Waals surface area contributed by atoms with Gasteiger partial charge in [-0.05, 0) is 12.1 Å². The van der Waals surface area contributed by atoms with Crippen LogP contribution in [0.3, 0.4) is 0 Å². The van der Waals surface area contributed by atoms with Crippen LogP contribution in [0.25, 0.3) is 21.8 Å². The molecule has 2 N–H and O–H groups in total. The number of thiazole rings is 1. The van der Waals surface area contributed by atoms with Crippen molar-refractivity contribution in [1.82, 2.24) is 4.98 Å². The summed E-state index contributed by atoms with van der Waals surface area (Å²) in [6, 6.07) is 14.5. The minimum absolute atomic E-state index is 0.0659. The molecule has 2 aromatic carbocycles. The molecule has 3 rings (SSSR count). The van der Waals surface area contributed by atoms with Crippen molar-refractivity contribution in [3.8, 4) is 21.8 Å². The van der Waals surface area contributed by atoms with Gasteiger partial charge in [0, 0.05) is 11.1 Å². The molecular formula is C15H10ClFN2S. The van der Waals surface area contributed by atoms with E-state index >= 15 is 0 Å². The van der Waals surface area contributed by atoms with E-state index in [9.17, 15) is 4.39 Å². The first-order valence-electron chi connectivity index (χ1n) is 5.93. The van der Waals surface area contributed by atoms with Crippen LogP contribution >= 0.6 is 22.9 Å². The van der Waals surface area contributed by atoms with Gasteiger partial charge in [-0.25, -0.2) is 9.37 Å². The van der Waals surface area contributed by atoms with Crippen LogP contribution in [-0.2, 0) is 0 Å². The molecule has 0 amide bonds. The van der Waals surface area contributed by atoms with Crippen LogP contribution in [0, 0.1) is 5.82 Å². The van der Waals surface area contributed by atoms with E-state index in [1.54, 1.807) is 12.1 Å². The Morgan fingerprint density at radius 3 is 2.55 bits per heavy atom. The van der Waals surface area contributed by atoms with E-state index in [-0.39, 0.29) is 5.02 Å². The first-order valence-corrected chi connectivity index (χ1v) is 7.12. The summed E-state index contributed by atoms with van der Waals surface area (Å²) < 4.78 is 14.1. The van der Waals surface area contributed by atoms with Crippen LogP contribution in [0.2, 0.25) is 5.02 Å². The fourth-order valence-corrected chi connectivity index (χ4v) is 2.94. The Morgan fingerprint density at radius 1 is 1.05 bits per heavy atom. The maximum atomic E-state index is 14.1. The number of hydrogen-bond donors (Lipinski definition) is 1. The second-order valence-corrected chi connectivity index (χ2v) is 5.64. The van der Waals surface area contributed by atoms with Crippen molar-refractivity contribution in [2.45, 2.75) is 0 Å². The maximum absolute atomic E-state index is 14.1. The molecule has 3 aromatic rings. The summed E-state index contributed by atoms with van der Waals surface area (Å²) in [5.74, 6) is -0.495. The van der Waals surface area contributed by atoms with E-state index in [0.717, 1.165) is 10.6 Å². The standard InChI is InChI=1S/C15H10ClFN2S/c16-11-8-4-7-10(12(11)17)13-14(18)20-15(19-13)9-5-2-1-3-6-9/h1-8H,18H2. The third-order valence-corrected chi connectivity index (χ3v) is 4.11. The Balaban J connectivity index is 2.12. The molecule has 0 aliphatic heterocycles. The van der Waals surface area contributed by atoms with Crippen LogP contribution in [-0.4, -0.2) is 4.98 Å². The second-order valence-electron chi connectivity index (χ2n) is 4.20. The number of nitrogens with two attached hydrogens (primary N) is 1. The largest absolute Gasteiger partial charge is 0.389 e. The average Bonchev–Trinajstić information content (AvgIpc) is 2.85. The monoisotopic (exact) mass is 304 g/mol. The Morgan fingerprint density at radius 2 is 1.80 bits per heavy atom. The highest BCUT2D eigenvalue weighted by molar-refractivity contribution is 7.19. The number of anilines is 1. The summed E-state index contributed by atoms with van der Waals surface area (Å²) in [6.45, 7) is 0. The molecule has 0 aliphatic carbocycles. The number of benzene rings is 2. The fraction of sp³-hybridized carbons (Fsp3) is 0. The van der Waals surface area contributed by atoms with Crippen molar-refractivity contribution in [3.63, 3.8) is 0 Å². The average molecular weight is 305 g/mol. The minimum atomic E-state index is -0.495. The summed E-state index contributed by atoms with van der Waals surface area (Å²) in [4.78, 5) is 4.45. The lowest BCUT2D eigenvalue weighted by atomic mass is 10.1. The van der Waals surface area contributed by atoms with Gasteiger partial charge in [-0.3, -0.25) is 0 Å². The smallest absolute Gasteiger partial charge is 0.151 e. The topological polar surface area (TPSA) is 38.9 Å². The summed E-state index contributed by atoms with van der Waals surface area (Å²) in [6.07, 6.45) is 0. The summed E-state index contributed by atoms with van der Waals surface area (Å²) in [7, 11) is 0. The van der Waals surface area contributed by atoms with E-state index in [2.05, 4.69) is 4.98 Å². The lowest BCUT2D eigenvalue weighted by Gasteiger charge is -2.02. The maximum Gasteiger partial charge on any atom is 0.151 e. The molecule has 0 bridgehead atoms. The molecule has 1 heterocycles. The Bertz CT molecular complexity index is 756. The third-order valence-electron chi connectivity index (χ3n) is 2.88. The van der Waals surface area contributed by atoms with Gasteiger partial charge in [0.05, 0.1) is 5.02 Å². The molecule has 2 nitrogen and oxygen atoms in total. The van der Waals surface area contributed by atoms with Crippen LogP contribution in [0.1, 0.15) is 0 Å². The highest BCUT2D eigenvalue weighted by Gasteiger charge is 2.16. The Hall–Kier alpha value is -1.91. The molecule has 0 spiro atoms. The molecule has 1 aromatic heterocycles. The number of hydrogen-bond acceptors (Lipinski definition) is 3. The van der Waals surface area contributed by atoms with Crippen molar-refractivity contribution in [1.29, 1.82) is 0 Å². The SMILES string of the molecule is Nc1sc(-c2ccccc2)nc1-c1cccc(Cl)c1F. The van der Waals surface area contributed by atoms with Gasteiger partial charge in [0.2, 0.25) is 0 Å². The molecular weight excluding hydrogens is 295 g/mol. The molecule has 0 unspecified atom stereocenters. The first-order chi connectivity index (χ1) is 9.66. The van der Waals surface area contributed by atoms with E-state index < -0.39 is 5.82 Å². The van der Waals surface area contributed by atoms with Crippen molar-refractivity contribution >= 4 is 27.9 Å². The molecule has 100 valence electrons. The number of rotatable bonds is 2. The fourth-order valence-electron chi connectivity index (χ4n) is 1.92. The summed E-state index contributed by atoms with van der Waals surface area (Å²) in [5.41, 5.74) is 7.70. The predicted octanol–water partition coefficient (Wildman–Crippen LogP) is 4.85. The van der Waals surface area contributed by atoms with Crippen LogP contribution in [0.4, 0.5) is 9.39 Å². The zero-order valence-electron chi connectivity index (χ0n) is 10.3. The van der Waals surface area contributed by atoms with Gasteiger partial charge in [-0.1, -0.05) is 59.3 Å². The number of nitrogens with zero attached hydrogens (tertiary/aromatic N) is 1. The molecule has 0 aliphatic rings. The lowest BCUT2D eigenvalue weighted by Crippen LogP contribution is -1.90. The van der Waals surface area contributed by atoms with Crippen molar-refractivity contribution < 1.29 is 4.39 Å². The van der Waals surface area contributed by atoms with Crippen LogP contribution in [0.15, 0.2) is 48.5 Å². The van der Waals surface area contributed by atoms with Crippen LogP contribution < -0.4 is 5.73 Å². The zero-order chi connectivity index (χ0) is 14.1. The van der Waals surface area contributed by atoms with E-state index in [1.165, 1.54) is 17.4 Å². The summed E-state index contributed by atoms with van der Waals surface area (Å²) in [5, 5.41) is 1.30. The van der Waals surface area contributed by atoms with E-state index in [0.29, 0.717) is 16.3 Å². The molecule has 0 saturated carbocycles. The second kappa shape index (κ2) is 5.23. The van der Waals surface area contributed by atoms with Gasteiger partial charge >= 0.3 is 0 Å². The molecule has 0 fully saturated rings. The van der Waals surface area contributed by atoms with Gasteiger partial charge in [-0.15, -0.1) is 0 Å². The van der Waals surface area contributed by atoms with E-state index in [4.69, 9.17) is 17.3 Å². The Labute approximate surface area is 124 Å². The number of aromatic nitrogens is 1. The number of halogens is 2. The predicted molar refractivity (Wildman–Crippen MR) is 82.4 cm³/mol. The van der Waals surface area contributed by atoms with Crippen molar-refractivity contribution in [2.75, 3.05) is 5.73 Å². The van der Waals surface area contributed by atoms with Gasteiger partial charge in [-0.2, -0.15) is 0 Å². The highest BCUT2D eigenvalue weighted by atomic mass is 35.5. The lowest BCUT2D eigenvalue weighted by molar-refractivity contribution is 0.631. The molecule has 0 radical (unpaired) electrons. The van der Waals surface area contributed by atoms with Crippen molar-refractivity contribution in [3.05, 3.63) is 59.4 Å². The van der Waals surface area contributed by atoms with Gasteiger partial charge in [0.25, 0.3) is 0 Å².